The number of benzene rings is 1. The lowest BCUT2D eigenvalue weighted by Gasteiger charge is -2.25. The molecule has 0 radical (unpaired) electrons. The Hall–Kier alpha value is -0.640. The number of nitrogen functional groups attached to an aromatic ring is 1. The van der Waals surface area contributed by atoms with Crippen LogP contribution < -0.4 is 11.1 Å². The molecule has 0 saturated carbocycles. The molecule has 0 bridgehead atoms. The fraction of sp³-hybridized carbons (Fsp3) is 0.571. The quantitative estimate of drug-likeness (QED) is 0.782. The molecule has 5 heteroatoms. The van der Waals surface area contributed by atoms with E-state index < -0.39 is 0 Å². The number of nitrogens with zero attached hydrogens (tertiary/aromatic N) is 1. The molecule has 0 fully saturated rings. The zero-order valence-electron chi connectivity index (χ0n) is 12.0. The lowest BCUT2D eigenvalue weighted by molar-refractivity contribution is 0.356. The molecule has 1 rings (SSSR count). The second-order valence-corrected chi connectivity index (χ2v) is 6.40. The SMILES string of the molecule is CC(C)CC(CN(C)C)Nc1cc(Cl)c(Cl)cc1N. The maximum absolute atomic E-state index is 6.04. The highest BCUT2D eigenvalue weighted by molar-refractivity contribution is 6.42. The lowest BCUT2D eigenvalue weighted by Crippen LogP contribution is -2.33. The summed E-state index contributed by atoms with van der Waals surface area (Å²) in [6.45, 7) is 5.36. The molecule has 0 aliphatic rings. The number of hydrogen-bond donors (Lipinski definition) is 2. The van der Waals surface area contributed by atoms with Crippen LogP contribution in [0.3, 0.4) is 0 Å². The molecule has 1 aromatic carbocycles. The van der Waals surface area contributed by atoms with Gasteiger partial charge in [-0.05, 0) is 38.6 Å². The highest BCUT2D eigenvalue weighted by Gasteiger charge is 2.14. The van der Waals surface area contributed by atoms with Gasteiger partial charge >= 0.3 is 0 Å². The van der Waals surface area contributed by atoms with Crippen molar-refractivity contribution in [1.82, 2.24) is 4.90 Å². The molecule has 1 unspecified atom stereocenters. The first-order chi connectivity index (χ1) is 8.79. The van der Waals surface area contributed by atoms with Crippen molar-refractivity contribution < 1.29 is 0 Å². The van der Waals surface area contributed by atoms with Crippen LogP contribution >= 0.6 is 23.2 Å². The van der Waals surface area contributed by atoms with E-state index in [4.69, 9.17) is 28.9 Å². The number of nitrogens with two attached hydrogens (primary N) is 1. The van der Waals surface area contributed by atoms with Crippen molar-refractivity contribution in [2.75, 3.05) is 31.7 Å². The van der Waals surface area contributed by atoms with E-state index in [0.717, 1.165) is 18.7 Å². The summed E-state index contributed by atoms with van der Waals surface area (Å²) in [5, 5.41) is 4.47. The Morgan fingerprint density at radius 2 is 1.79 bits per heavy atom. The summed E-state index contributed by atoms with van der Waals surface area (Å²) in [4.78, 5) is 2.16. The third-order valence-electron chi connectivity index (χ3n) is 2.79. The van der Waals surface area contributed by atoms with Gasteiger partial charge in [0.1, 0.15) is 0 Å². The van der Waals surface area contributed by atoms with Gasteiger partial charge in [-0.3, -0.25) is 0 Å². The first-order valence-corrected chi connectivity index (χ1v) is 7.21. The summed E-state index contributed by atoms with van der Waals surface area (Å²) >= 11 is 12.0. The maximum atomic E-state index is 6.04. The number of hydrogen-bond acceptors (Lipinski definition) is 3. The zero-order valence-corrected chi connectivity index (χ0v) is 13.5. The van der Waals surface area contributed by atoms with E-state index in [9.17, 15) is 0 Å². The van der Waals surface area contributed by atoms with Gasteiger partial charge in [0.15, 0.2) is 0 Å². The van der Waals surface area contributed by atoms with Crippen LogP contribution in [-0.2, 0) is 0 Å². The Morgan fingerprint density at radius 1 is 1.21 bits per heavy atom. The van der Waals surface area contributed by atoms with Crippen molar-refractivity contribution in [2.24, 2.45) is 5.92 Å². The Bertz CT molecular complexity index is 409. The minimum absolute atomic E-state index is 0.328. The van der Waals surface area contributed by atoms with Gasteiger partial charge in [0, 0.05) is 12.6 Å². The van der Waals surface area contributed by atoms with Gasteiger partial charge in [-0.15, -0.1) is 0 Å². The van der Waals surface area contributed by atoms with Crippen molar-refractivity contribution in [3.8, 4) is 0 Å². The van der Waals surface area contributed by atoms with Crippen molar-refractivity contribution in [3.05, 3.63) is 22.2 Å². The maximum Gasteiger partial charge on any atom is 0.0614 e. The van der Waals surface area contributed by atoms with Crippen LogP contribution in [0.25, 0.3) is 0 Å². The summed E-state index contributed by atoms with van der Waals surface area (Å²) in [5.74, 6) is 0.612. The van der Waals surface area contributed by atoms with Gasteiger partial charge in [0.25, 0.3) is 0 Å². The van der Waals surface area contributed by atoms with Crippen molar-refractivity contribution in [1.29, 1.82) is 0 Å². The Kier molecular flexibility index (Phi) is 6.24. The molecule has 3 nitrogen and oxygen atoms in total. The van der Waals surface area contributed by atoms with Gasteiger partial charge < -0.3 is 16.0 Å². The number of nitrogens with one attached hydrogen (secondary N) is 1. The molecule has 0 spiro atoms. The molecule has 108 valence electrons. The highest BCUT2D eigenvalue weighted by atomic mass is 35.5. The molecule has 0 aliphatic carbocycles. The number of halogens is 2. The number of anilines is 2. The topological polar surface area (TPSA) is 41.3 Å². The van der Waals surface area contributed by atoms with E-state index in [0.29, 0.717) is 27.7 Å². The van der Waals surface area contributed by atoms with Crippen LogP contribution in [0.2, 0.25) is 10.0 Å². The average molecular weight is 304 g/mol. The van der Waals surface area contributed by atoms with Crippen LogP contribution in [0.1, 0.15) is 20.3 Å². The average Bonchev–Trinajstić information content (AvgIpc) is 2.23. The van der Waals surface area contributed by atoms with E-state index in [1.54, 1.807) is 12.1 Å². The standard InChI is InChI=1S/C14H23Cl2N3/c1-9(2)5-10(8-19(3)4)18-14-7-12(16)11(15)6-13(14)17/h6-7,9-10,18H,5,8,17H2,1-4H3. The summed E-state index contributed by atoms with van der Waals surface area (Å²) in [7, 11) is 4.13. The van der Waals surface area contributed by atoms with Gasteiger partial charge in [0.2, 0.25) is 0 Å². The minimum Gasteiger partial charge on any atom is -0.397 e. The van der Waals surface area contributed by atoms with Gasteiger partial charge in [0.05, 0.1) is 21.4 Å². The van der Waals surface area contributed by atoms with E-state index in [-0.39, 0.29) is 0 Å². The molecule has 0 aliphatic heterocycles. The lowest BCUT2D eigenvalue weighted by atomic mass is 10.0. The minimum atomic E-state index is 0.328. The summed E-state index contributed by atoms with van der Waals surface area (Å²) in [6.07, 6.45) is 1.07. The molecule has 19 heavy (non-hydrogen) atoms. The molecule has 3 N–H and O–H groups in total. The third kappa shape index (κ3) is 5.47. The summed E-state index contributed by atoms with van der Waals surface area (Å²) in [6, 6.07) is 3.81. The molecule has 0 saturated heterocycles. The molecule has 0 aromatic heterocycles. The van der Waals surface area contributed by atoms with Crippen molar-refractivity contribution >= 4 is 34.6 Å². The highest BCUT2D eigenvalue weighted by Crippen LogP contribution is 2.31. The molecular weight excluding hydrogens is 281 g/mol. The summed E-state index contributed by atoms with van der Waals surface area (Å²) < 4.78 is 0. The second kappa shape index (κ2) is 7.22. The molecule has 0 amide bonds. The molecule has 1 atom stereocenters. The zero-order chi connectivity index (χ0) is 14.6. The first-order valence-electron chi connectivity index (χ1n) is 6.45. The van der Waals surface area contributed by atoms with Crippen LogP contribution in [0.5, 0.6) is 0 Å². The Morgan fingerprint density at radius 3 is 2.32 bits per heavy atom. The van der Waals surface area contributed by atoms with E-state index in [1.165, 1.54) is 0 Å². The fourth-order valence-corrected chi connectivity index (χ4v) is 2.43. The van der Waals surface area contributed by atoms with E-state index in [2.05, 4.69) is 38.2 Å². The fourth-order valence-electron chi connectivity index (χ4n) is 2.10. The van der Waals surface area contributed by atoms with Gasteiger partial charge in [-0.2, -0.15) is 0 Å². The Labute approximate surface area is 126 Å². The predicted octanol–water partition coefficient (Wildman–Crippen LogP) is 3.96. The molecular formula is C14H23Cl2N3. The normalized spacial score (nSPS) is 13.1. The first kappa shape index (κ1) is 16.4. The molecule has 1 aromatic rings. The van der Waals surface area contributed by atoms with Crippen LogP contribution in [-0.4, -0.2) is 31.6 Å². The largest absolute Gasteiger partial charge is 0.397 e. The molecule has 0 heterocycles. The monoisotopic (exact) mass is 303 g/mol. The van der Waals surface area contributed by atoms with Crippen LogP contribution in [0.15, 0.2) is 12.1 Å². The van der Waals surface area contributed by atoms with Gasteiger partial charge in [-0.25, -0.2) is 0 Å². The summed E-state index contributed by atoms with van der Waals surface area (Å²) in [5.41, 5.74) is 7.46. The van der Waals surface area contributed by atoms with Crippen LogP contribution in [0, 0.1) is 5.92 Å². The third-order valence-corrected chi connectivity index (χ3v) is 3.52. The smallest absolute Gasteiger partial charge is 0.0614 e. The predicted molar refractivity (Wildman–Crippen MR) is 86.3 cm³/mol. The van der Waals surface area contributed by atoms with E-state index in [1.807, 2.05) is 0 Å². The second-order valence-electron chi connectivity index (χ2n) is 5.59. The van der Waals surface area contributed by atoms with Crippen molar-refractivity contribution in [2.45, 2.75) is 26.3 Å². The van der Waals surface area contributed by atoms with Crippen LogP contribution in [0.4, 0.5) is 11.4 Å². The Balaban J connectivity index is 2.86. The van der Waals surface area contributed by atoms with Gasteiger partial charge in [-0.1, -0.05) is 37.0 Å². The number of likely N-dealkylation sites (N-methyl/N-ethyl adjacent to an activating group) is 1. The number of rotatable bonds is 6. The van der Waals surface area contributed by atoms with E-state index >= 15 is 0 Å². The van der Waals surface area contributed by atoms with Crippen molar-refractivity contribution in [3.63, 3.8) is 0 Å².